The fraction of sp³-hybridized carbons (Fsp3) is 0.938. The number of hydrogen-bond donors (Lipinski definition) is 2. The Balaban J connectivity index is 1.78. The second kappa shape index (κ2) is 5.64. The third kappa shape index (κ3) is 2.27. The molecule has 2 aliphatic heterocycles. The Morgan fingerprint density at radius 2 is 1.65 bits per heavy atom. The van der Waals surface area contributed by atoms with Crippen LogP contribution in [0.25, 0.3) is 0 Å². The summed E-state index contributed by atoms with van der Waals surface area (Å²) in [5.41, 5.74) is -1.29. The predicted molar refractivity (Wildman–Crippen MR) is 78.4 cm³/mol. The highest BCUT2D eigenvalue weighted by molar-refractivity contribution is 5.85. The van der Waals surface area contributed by atoms with Crippen molar-refractivity contribution in [3.8, 4) is 0 Å². The zero-order valence-corrected chi connectivity index (χ0v) is 12.5. The topological polar surface area (TPSA) is 52.6 Å². The summed E-state index contributed by atoms with van der Waals surface area (Å²) in [6.45, 7) is 3.34. The van der Waals surface area contributed by atoms with Gasteiger partial charge in [0.15, 0.2) is 0 Å². The van der Waals surface area contributed by atoms with Crippen molar-refractivity contribution in [3.05, 3.63) is 0 Å². The fourth-order valence-electron chi connectivity index (χ4n) is 4.28. The molecule has 0 bridgehead atoms. The van der Waals surface area contributed by atoms with Crippen molar-refractivity contribution in [2.75, 3.05) is 26.2 Å². The van der Waals surface area contributed by atoms with Gasteiger partial charge < -0.3 is 15.3 Å². The molecule has 2 N–H and O–H groups in total. The van der Waals surface area contributed by atoms with E-state index in [4.69, 9.17) is 0 Å². The fourth-order valence-corrected chi connectivity index (χ4v) is 4.28. The smallest absolute Gasteiger partial charge is 0.231 e. The van der Waals surface area contributed by atoms with Gasteiger partial charge in [-0.25, -0.2) is 0 Å². The van der Waals surface area contributed by atoms with Gasteiger partial charge in [-0.1, -0.05) is 19.3 Å². The van der Waals surface area contributed by atoms with Gasteiger partial charge in [0.05, 0.1) is 11.0 Å². The van der Waals surface area contributed by atoms with Gasteiger partial charge in [-0.2, -0.15) is 0 Å². The zero-order chi connectivity index (χ0) is 14.1. The summed E-state index contributed by atoms with van der Waals surface area (Å²) in [7, 11) is 0. The summed E-state index contributed by atoms with van der Waals surface area (Å²) in [6.07, 6.45) is 9.32. The van der Waals surface area contributed by atoms with Gasteiger partial charge in [0.1, 0.15) is 0 Å². The summed E-state index contributed by atoms with van der Waals surface area (Å²) in [6, 6.07) is 0. The van der Waals surface area contributed by atoms with E-state index in [0.717, 1.165) is 64.6 Å². The number of nitrogens with one attached hydrogen (secondary N) is 1. The molecule has 1 unspecified atom stereocenters. The lowest BCUT2D eigenvalue weighted by atomic mass is 9.56. The largest absolute Gasteiger partial charge is 0.387 e. The van der Waals surface area contributed by atoms with Crippen molar-refractivity contribution >= 4 is 5.91 Å². The van der Waals surface area contributed by atoms with Crippen molar-refractivity contribution in [1.82, 2.24) is 10.2 Å². The van der Waals surface area contributed by atoms with E-state index in [-0.39, 0.29) is 5.91 Å². The molecule has 3 rings (SSSR count). The van der Waals surface area contributed by atoms with E-state index in [1.165, 1.54) is 12.8 Å². The van der Waals surface area contributed by atoms with Crippen molar-refractivity contribution in [2.24, 2.45) is 5.41 Å². The highest BCUT2D eigenvalue weighted by atomic mass is 16.3. The number of piperidine rings is 1. The minimum Gasteiger partial charge on any atom is -0.387 e. The molecule has 20 heavy (non-hydrogen) atoms. The number of aliphatic hydroxyl groups is 1. The Labute approximate surface area is 121 Å². The first kappa shape index (κ1) is 14.3. The van der Waals surface area contributed by atoms with Crippen LogP contribution in [-0.2, 0) is 4.79 Å². The first-order valence-corrected chi connectivity index (χ1v) is 8.41. The first-order valence-electron chi connectivity index (χ1n) is 8.41. The molecule has 1 saturated carbocycles. The molecule has 0 aromatic heterocycles. The number of carbonyl (C=O) groups excluding carboxylic acids is 1. The van der Waals surface area contributed by atoms with E-state index in [1.54, 1.807) is 0 Å². The Hall–Kier alpha value is -0.610. The number of carbonyl (C=O) groups is 1. The van der Waals surface area contributed by atoms with Crippen LogP contribution in [0.15, 0.2) is 0 Å². The quantitative estimate of drug-likeness (QED) is 0.809. The Bertz CT molecular complexity index is 351. The molecule has 2 heterocycles. The maximum atomic E-state index is 13.1. The highest BCUT2D eigenvalue weighted by Gasteiger charge is 2.60. The second-order valence-electron chi connectivity index (χ2n) is 6.95. The average Bonchev–Trinajstić information content (AvgIpc) is 2.66. The van der Waals surface area contributed by atoms with E-state index >= 15 is 0 Å². The third-order valence-electron chi connectivity index (χ3n) is 5.76. The Kier molecular flexibility index (Phi) is 4.04. The van der Waals surface area contributed by atoms with Crippen LogP contribution in [0, 0.1) is 5.41 Å². The molecule has 2 saturated heterocycles. The van der Waals surface area contributed by atoms with Crippen LogP contribution in [-0.4, -0.2) is 47.7 Å². The molecular formula is C16H28N2O2. The minimum absolute atomic E-state index is 0.247. The van der Waals surface area contributed by atoms with Crippen molar-refractivity contribution < 1.29 is 9.90 Å². The van der Waals surface area contributed by atoms with E-state index in [1.807, 2.05) is 0 Å². The van der Waals surface area contributed by atoms with Crippen molar-refractivity contribution in [2.45, 2.75) is 63.4 Å². The standard InChI is InChI=1S/C16H28N2O2/c19-14(18-11-3-1-2-4-12-18)15(7-5-8-15)16(20)9-6-10-17-13-16/h17,20H,1-13H2. The molecule has 3 fully saturated rings. The van der Waals surface area contributed by atoms with Gasteiger partial charge >= 0.3 is 0 Å². The van der Waals surface area contributed by atoms with Gasteiger partial charge in [-0.05, 0) is 45.1 Å². The highest BCUT2D eigenvalue weighted by Crippen LogP contribution is 2.53. The number of β-amino-alcohol motifs (C(OH)–C–C–N with tert-alkyl or cyclic N) is 1. The average molecular weight is 280 g/mol. The number of likely N-dealkylation sites (tertiary alicyclic amines) is 1. The van der Waals surface area contributed by atoms with Crippen LogP contribution in [0.1, 0.15) is 57.8 Å². The summed E-state index contributed by atoms with van der Waals surface area (Å²) >= 11 is 0. The monoisotopic (exact) mass is 280 g/mol. The van der Waals surface area contributed by atoms with E-state index in [0.29, 0.717) is 6.54 Å². The molecule has 4 nitrogen and oxygen atoms in total. The van der Waals surface area contributed by atoms with Crippen LogP contribution in [0.4, 0.5) is 0 Å². The molecule has 3 aliphatic rings. The first-order chi connectivity index (χ1) is 9.68. The summed E-state index contributed by atoms with van der Waals surface area (Å²) in [5.74, 6) is 0.247. The second-order valence-corrected chi connectivity index (χ2v) is 6.95. The molecule has 1 aliphatic carbocycles. The SMILES string of the molecule is O=C(N1CCCCCC1)C1(C2(O)CCCNC2)CCC1. The Morgan fingerprint density at radius 1 is 0.950 bits per heavy atom. The van der Waals surface area contributed by atoms with Crippen LogP contribution in [0.3, 0.4) is 0 Å². The molecule has 1 atom stereocenters. The van der Waals surface area contributed by atoms with E-state index < -0.39 is 11.0 Å². The molecule has 1 amide bonds. The molecule has 0 radical (unpaired) electrons. The number of hydrogen-bond acceptors (Lipinski definition) is 3. The maximum absolute atomic E-state index is 13.1. The normalized spacial score (nSPS) is 34.1. The van der Waals surface area contributed by atoms with Gasteiger partial charge in [-0.15, -0.1) is 0 Å². The molecular weight excluding hydrogens is 252 g/mol. The van der Waals surface area contributed by atoms with Crippen LogP contribution in [0.2, 0.25) is 0 Å². The lowest BCUT2D eigenvalue weighted by Crippen LogP contribution is -2.66. The van der Waals surface area contributed by atoms with Crippen LogP contribution in [0.5, 0.6) is 0 Å². The predicted octanol–water partition coefficient (Wildman–Crippen LogP) is 1.67. The summed E-state index contributed by atoms with van der Waals surface area (Å²) in [4.78, 5) is 15.2. The number of rotatable bonds is 2. The molecule has 114 valence electrons. The van der Waals surface area contributed by atoms with Gasteiger partial charge in [0.2, 0.25) is 5.91 Å². The van der Waals surface area contributed by atoms with Crippen molar-refractivity contribution in [3.63, 3.8) is 0 Å². The third-order valence-corrected chi connectivity index (χ3v) is 5.76. The molecule has 0 aromatic rings. The van der Waals surface area contributed by atoms with E-state index in [2.05, 4.69) is 10.2 Å². The minimum atomic E-state index is -0.813. The maximum Gasteiger partial charge on any atom is 0.231 e. The molecule has 0 spiro atoms. The Morgan fingerprint density at radius 3 is 2.15 bits per heavy atom. The van der Waals surface area contributed by atoms with Gasteiger partial charge in [0.25, 0.3) is 0 Å². The summed E-state index contributed by atoms with van der Waals surface area (Å²) < 4.78 is 0. The van der Waals surface area contributed by atoms with Crippen LogP contribution < -0.4 is 5.32 Å². The number of nitrogens with zero attached hydrogens (tertiary/aromatic N) is 1. The van der Waals surface area contributed by atoms with Crippen LogP contribution >= 0.6 is 0 Å². The zero-order valence-electron chi connectivity index (χ0n) is 12.5. The number of amides is 1. The molecule has 0 aromatic carbocycles. The lowest BCUT2D eigenvalue weighted by molar-refractivity contribution is -0.181. The van der Waals surface area contributed by atoms with Gasteiger partial charge in [-0.3, -0.25) is 4.79 Å². The van der Waals surface area contributed by atoms with Gasteiger partial charge in [0, 0.05) is 19.6 Å². The van der Waals surface area contributed by atoms with E-state index in [9.17, 15) is 9.90 Å². The van der Waals surface area contributed by atoms with Crippen molar-refractivity contribution in [1.29, 1.82) is 0 Å². The lowest BCUT2D eigenvalue weighted by Gasteiger charge is -2.54. The molecule has 4 heteroatoms. The summed E-state index contributed by atoms with van der Waals surface area (Å²) in [5, 5.41) is 14.4.